The van der Waals surface area contributed by atoms with Crippen molar-refractivity contribution in [3.05, 3.63) is 70.5 Å². The van der Waals surface area contributed by atoms with Crippen molar-refractivity contribution < 1.29 is 14.0 Å². The quantitative estimate of drug-likeness (QED) is 0.446. The molecule has 0 unspecified atom stereocenters. The lowest BCUT2D eigenvalue weighted by Crippen LogP contribution is -2.52. The Kier molecular flexibility index (Phi) is 10.1. The molecule has 4 nitrogen and oxygen atoms in total. The number of hydrogen-bond donors (Lipinski definition) is 1. The average Bonchev–Trinajstić information content (AvgIpc) is 2.82. The van der Waals surface area contributed by atoms with Crippen molar-refractivity contribution in [2.75, 3.05) is 5.75 Å². The van der Waals surface area contributed by atoms with Crippen molar-refractivity contribution >= 4 is 35.2 Å². The van der Waals surface area contributed by atoms with E-state index in [4.69, 9.17) is 11.6 Å². The van der Waals surface area contributed by atoms with E-state index in [1.807, 2.05) is 19.1 Å². The molecular weight excluding hydrogens is 459 g/mol. The number of halogens is 2. The maximum Gasteiger partial charge on any atom is 0.243 e. The zero-order valence-electron chi connectivity index (χ0n) is 19.1. The summed E-state index contributed by atoms with van der Waals surface area (Å²) in [6, 6.07) is 13.3. The topological polar surface area (TPSA) is 49.4 Å². The molecule has 0 spiro atoms. The van der Waals surface area contributed by atoms with Gasteiger partial charge in [0.25, 0.3) is 0 Å². The molecule has 3 rings (SSSR count). The molecule has 0 aliphatic heterocycles. The lowest BCUT2D eigenvalue weighted by Gasteiger charge is -2.32. The SMILES string of the molecule is CC[C@@H](C(=O)NC1CCCCC1)N(Cc1ccc(Cl)cc1)C(=O)CSCc1ccc(F)cc1. The number of benzene rings is 2. The van der Waals surface area contributed by atoms with E-state index in [1.165, 1.54) is 30.3 Å². The average molecular weight is 491 g/mol. The van der Waals surface area contributed by atoms with Gasteiger partial charge < -0.3 is 10.2 Å². The van der Waals surface area contributed by atoms with Gasteiger partial charge in [-0.1, -0.05) is 62.1 Å². The number of rotatable bonds is 10. The van der Waals surface area contributed by atoms with Crippen LogP contribution in [-0.2, 0) is 21.9 Å². The van der Waals surface area contributed by atoms with E-state index < -0.39 is 6.04 Å². The van der Waals surface area contributed by atoms with Crippen LogP contribution in [0.15, 0.2) is 48.5 Å². The second kappa shape index (κ2) is 13.0. The van der Waals surface area contributed by atoms with Crippen LogP contribution < -0.4 is 5.32 Å². The van der Waals surface area contributed by atoms with Gasteiger partial charge in [-0.15, -0.1) is 11.8 Å². The van der Waals surface area contributed by atoms with Crippen LogP contribution in [0.1, 0.15) is 56.6 Å². The summed E-state index contributed by atoms with van der Waals surface area (Å²) in [4.78, 5) is 28.2. The second-order valence-electron chi connectivity index (χ2n) is 8.53. The van der Waals surface area contributed by atoms with Crippen LogP contribution >= 0.6 is 23.4 Å². The number of thioether (sulfide) groups is 1. The van der Waals surface area contributed by atoms with Gasteiger partial charge >= 0.3 is 0 Å². The Balaban J connectivity index is 1.68. The summed E-state index contributed by atoms with van der Waals surface area (Å²) in [5.41, 5.74) is 1.89. The molecule has 7 heteroatoms. The van der Waals surface area contributed by atoms with Gasteiger partial charge in [-0.05, 0) is 54.7 Å². The van der Waals surface area contributed by atoms with Crippen LogP contribution in [0.25, 0.3) is 0 Å². The van der Waals surface area contributed by atoms with Gasteiger partial charge in [-0.25, -0.2) is 4.39 Å². The van der Waals surface area contributed by atoms with Crippen LogP contribution in [0.5, 0.6) is 0 Å². The van der Waals surface area contributed by atoms with Crippen LogP contribution in [0, 0.1) is 5.82 Å². The van der Waals surface area contributed by atoms with Crippen LogP contribution in [0.3, 0.4) is 0 Å². The minimum Gasteiger partial charge on any atom is -0.352 e. The molecule has 0 saturated heterocycles. The summed E-state index contributed by atoms with van der Waals surface area (Å²) < 4.78 is 13.1. The molecule has 1 saturated carbocycles. The highest BCUT2D eigenvalue weighted by atomic mass is 35.5. The number of carbonyl (C=O) groups is 2. The first kappa shape index (κ1) is 25.6. The van der Waals surface area contributed by atoms with Crippen molar-refractivity contribution in [1.82, 2.24) is 10.2 Å². The van der Waals surface area contributed by atoms with Crippen molar-refractivity contribution in [2.24, 2.45) is 0 Å². The molecule has 1 aliphatic carbocycles. The lowest BCUT2D eigenvalue weighted by atomic mass is 9.95. The largest absolute Gasteiger partial charge is 0.352 e. The van der Waals surface area contributed by atoms with Crippen LogP contribution in [-0.4, -0.2) is 34.6 Å². The monoisotopic (exact) mass is 490 g/mol. The molecule has 2 aromatic rings. The highest BCUT2D eigenvalue weighted by Crippen LogP contribution is 2.21. The Bertz CT molecular complexity index is 902. The molecule has 1 N–H and O–H groups in total. The van der Waals surface area contributed by atoms with E-state index in [1.54, 1.807) is 29.2 Å². The molecule has 0 heterocycles. The van der Waals surface area contributed by atoms with Gasteiger partial charge in [0.2, 0.25) is 11.8 Å². The third-order valence-electron chi connectivity index (χ3n) is 6.01. The highest BCUT2D eigenvalue weighted by molar-refractivity contribution is 7.99. The molecule has 0 aromatic heterocycles. The fraction of sp³-hybridized carbons (Fsp3) is 0.462. The molecule has 1 atom stereocenters. The standard InChI is InChI=1S/C26H32ClFN2O2S/c1-2-24(26(32)29-23-6-4-3-5-7-23)30(16-19-8-12-21(27)13-9-19)25(31)18-33-17-20-10-14-22(28)15-11-20/h8-15,23-24H,2-7,16-18H2,1H3,(H,29,32)/t24-/m0/s1. The molecule has 1 fully saturated rings. The minimum absolute atomic E-state index is 0.0738. The molecule has 0 bridgehead atoms. The van der Waals surface area contributed by atoms with Crippen molar-refractivity contribution in [1.29, 1.82) is 0 Å². The predicted octanol–water partition coefficient (Wildman–Crippen LogP) is 5.97. The Morgan fingerprint density at radius 2 is 1.70 bits per heavy atom. The number of nitrogens with one attached hydrogen (secondary N) is 1. The van der Waals surface area contributed by atoms with Gasteiger partial charge in [0.1, 0.15) is 11.9 Å². The maximum absolute atomic E-state index is 13.3. The summed E-state index contributed by atoms with van der Waals surface area (Å²) in [5, 5.41) is 3.82. The van der Waals surface area contributed by atoms with E-state index in [0.717, 1.165) is 36.8 Å². The number of amides is 2. The zero-order valence-corrected chi connectivity index (χ0v) is 20.6. The molecule has 0 radical (unpaired) electrons. The maximum atomic E-state index is 13.3. The second-order valence-corrected chi connectivity index (χ2v) is 9.96. The molecular formula is C26H32ClFN2O2S. The summed E-state index contributed by atoms with van der Waals surface area (Å²) in [7, 11) is 0. The Hall–Kier alpha value is -2.05. The number of hydrogen-bond acceptors (Lipinski definition) is 3. The minimum atomic E-state index is -0.526. The van der Waals surface area contributed by atoms with Gasteiger partial charge in [-0.2, -0.15) is 0 Å². The summed E-state index contributed by atoms with van der Waals surface area (Å²) in [6.45, 7) is 2.29. The molecule has 1 aliphatic rings. The van der Waals surface area contributed by atoms with Gasteiger partial charge in [0.15, 0.2) is 0 Å². The van der Waals surface area contributed by atoms with Crippen molar-refractivity contribution in [2.45, 2.75) is 69.8 Å². The molecule has 2 amide bonds. The van der Waals surface area contributed by atoms with E-state index in [-0.39, 0.29) is 29.4 Å². The first-order valence-electron chi connectivity index (χ1n) is 11.6. The summed E-state index contributed by atoms with van der Waals surface area (Å²) in [6.07, 6.45) is 6.03. The van der Waals surface area contributed by atoms with E-state index in [2.05, 4.69) is 5.32 Å². The zero-order chi connectivity index (χ0) is 23.6. The molecule has 178 valence electrons. The number of carbonyl (C=O) groups excluding carboxylic acids is 2. The summed E-state index contributed by atoms with van der Waals surface area (Å²) >= 11 is 7.49. The van der Waals surface area contributed by atoms with Crippen LogP contribution in [0.4, 0.5) is 4.39 Å². The third kappa shape index (κ3) is 8.04. The van der Waals surface area contributed by atoms with Crippen molar-refractivity contribution in [3.63, 3.8) is 0 Å². The Labute approximate surface area is 205 Å². The van der Waals surface area contributed by atoms with E-state index >= 15 is 0 Å². The molecule has 33 heavy (non-hydrogen) atoms. The smallest absolute Gasteiger partial charge is 0.243 e. The first-order chi connectivity index (χ1) is 16.0. The lowest BCUT2D eigenvalue weighted by molar-refractivity contribution is -0.139. The van der Waals surface area contributed by atoms with Crippen LogP contribution in [0.2, 0.25) is 5.02 Å². The molecule has 2 aromatic carbocycles. The summed E-state index contributed by atoms with van der Waals surface area (Å²) in [5.74, 6) is 0.422. The van der Waals surface area contributed by atoms with Crippen molar-refractivity contribution in [3.8, 4) is 0 Å². The Morgan fingerprint density at radius 3 is 2.33 bits per heavy atom. The normalized spacial score (nSPS) is 15.1. The first-order valence-corrected chi connectivity index (χ1v) is 13.2. The number of nitrogens with zero attached hydrogens (tertiary/aromatic N) is 1. The fourth-order valence-corrected chi connectivity index (χ4v) is 5.17. The highest BCUT2D eigenvalue weighted by Gasteiger charge is 2.30. The van der Waals surface area contributed by atoms with E-state index in [9.17, 15) is 14.0 Å². The van der Waals surface area contributed by atoms with Gasteiger partial charge in [0.05, 0.1) is 5.75 Å². The third-order valence-corrected chi connectivity index (χ3v) is 7.25. The fourth-order valence-electron chi connectivity index (χ4n) is 4.17. The van der Waals surface area contributed by atoms with Gasteiger partial charge in [-0.3, -0.25) is 9.59 Å². The predicted molar refractivity (Wildman–Crippen MR) is 134 cm³/mol. The van der Waals surface area contributed by atoms with E-state index in [0.29, 0.717) is 23.7 Å². The van der Waals surface area contributed by atoms with Gasteiger partial charge in [0, 0.05) is 23.4 Å². The Morgan fingerprint density at radius 1 is 1.06 bits per heavy atom.